The van der Waals surface area contributed by atoms with Crippen molar-refractivity contribution in [2.75, 3.05) is 13.2 Å². The van der Waals surface area contributed by atoms with Crippen molar-refractivity contribution in [3.8, 4) is 0 Å². The van der Waals surface area contributed by atoms with E-state index in [2.05, 4.69) is 47.6 Å². The molecule has 0 bridgehead atoms. The number of hydrogen-bond acceptors (Lipinski definition) is 7. The maximum Gasteiger partial charge on any atom is 0.310 e. The average molecular weight is 605 g/mol. The molecule has 5 aliphatic carbocycles. The molecule has 0 aromatic heterocycles. The molecule has 43 heavy (non-hydrogen) atoms. The molecule has 0 aromatic rings. The average Bonchev–Trinajstić information content (AvgIpc) is 2.94. The van der Waals surface area contributed by atoms with Crippen molar-refractivity contribution in [3.63, 3.8) is 0 Å². The Labute approximate surface area is 257 Å². The Balaban J connectivity index is 1.32. The van der Waals surface area contributed by atoms with Gasteiger partial charge in [0, 0.05) is 5.41 Å². The minimum atomic E-state index is -1.36. The second-order valence-electron chi connectivity index (χ2n) is 17.3. The second-order valence-corrected chi connectivity index (χ2v) is 17.3. The summed E-state index contributed by atoms with van der Waals surface area (Å²) in [5, 5.41) is 52.3. The van der Waals surface area contributed by atoms with E-state index in [-0.39, 0.29) is 52.8 Å². The van der Waals surface area contributed by atoms with Crippen LogP contribution in [0.2, 0.25) is 0 Å². The number of hydrogen-bond donors (Lipinski definition) is 5. The lowest BCUT2D eigenvalue weighted by atomic mass is 9.33. The largest absolute Gasteiger partial charge is 0.481 e. The zero-order valence-corrected chi connectivity index (χ0v) is 27.1. The van der Waals surface area contributed by atoms with Gasteiger partial charge in [0.15, 0.2) is 6.29 Å². The number of carboxylic acid groups (broad SMARTS) is 1. The van der Waals surface area contributed by atoms with E-state index in [1.807, 2.05) is 0 Å². The normalized spacial score (nSPS) is 54.3. The minimum Gasteiger partial charge on any atom is -0.481 e. The number of fused-ring (bicyclic) bond motifs is 7. The SMILES string of the molecule is CC1(C)CCC2(C(=O)O)CCC3(C)C(=CCC4C5(C)CC[C@H](O[C@@H]6OC[C@@H](O)[C@H](O)[C@H]6O)C(C)(CO)C5CCC43C)C2C1. The van der Waals surface area contributed by atoms with Crippen molar-refractivity contribution in [1.29, 1.82) is 0 Å². The molecule has 1 heterocycles. The van der Waals surface area contributed by atoms with E-state index in [1.54, 1.807) is 0 Å². The predicted molar refractivity (Wildman–Crippen MR) is 161 cm³/mol. The van der Waals surface area contributed by atoms with Crippen molar-refractivity contribution in [2.24, 2.45) is 50.2 Å². The van der Waals surface area contributed by atoms with Crippen LogP contribution < -0.4 is 0 Å². The molecule has 13 atom stereocenters. The fourth-order valence-electron chi connectivity index (χ4n) is 11.9. The lowest BCUT2D eigenvalue weighted by Gasteiger charge is -2.71. The molecule has 8 nitrogen and oxygen atoms in total. The van der Waals surface area contributed by atoms with Gasteiger partial charge in [0.25, 0.3) is 0 Å². The zero-order chi connectivity index (χ0) is 31.4. The maximum atomic E-state index is 12.9. The Bertz CT molecular complexity index is 1150. The second kappa shape index (κ2) is 10.2. The monoisotopic (exact) mass is 604 g/mol. The van der Waals surface area contributed by atoms with Crippen LogP contribution >= 0.6 is 0 Å². The van der Waals surface area contributed by atoms with E-state index in [9.17, 15) is 30.3 Å². The summed E-state index contributed by atoms with van der Waals surface area (Å²) in [7, 11) is 0. The van der Waals surface area contributed by atoms with Gasteiger partial charge in [-0.05, 0) is 104 Å². The first kappa shape index (κ1) is 31.9. The van der Waals surface area contributed by atoms with E-state index in [4.69, 9.17) is 9.47 Å². The Hall–Kier alpha value is -1.03. The molecule has 1 saturated heterocycles. The molecular weight excluding hydrogens is 548 g/mol. The van der Waals surface area contributed by atoms with Gasteiger partial charge >= 0.3 is 5.97 Å². The first-order valence-electron chi connectivity index (χ1n) is 16.9. The molecule has 6 aliphatic rings. The summed E-state index contributed by atoms with van der Waals surface area (Å²) < 4.78 is 12.0. The molecule has 5 fully saturated rings. The summed E-state index contributed by atoms with van der Waals surface area (Å²) in [6.45, 7) is 13.9. The van der Waals surface area contributed by atoms with Crippen LogP contribution in [0.25, 0.3) is 0 Å². The fourth-order valence-corrected chi connectivity index (χ4v) is 11.9. The van der Waals surface area contributed by atoms with Crippen LogP contribution in [-0.4, -0.2) is 75.4 Å². The fraction of sp³-hybridized carbons (Fsp3) is 0.914. The molecule has 0 amide bonds. The van der Waals surface area contributed by atoms with Crippen molar-refractivity contribution in [2.45, 2.75) is 136 Å². The Morgan fingerprint density at radius 3 is 2.30 bits per heavy atom. The van der Waals surface area contributed by atoms with Gasteiger partial charge in [-0.2, -0.15) is 0 Å². The first-order chi connectivity index (χ1) is 20.0. The Kier molecular flexibility index (Phi) is 7.60. The standard InChI is InChI=1S/C35H56O8/c1-30(2)13-15-35(29(40)41)16-14-33(5)20(21(35)17-30)7-8-24-31(3)11-10-25(43-28-27(39)26(38)22(37)18-42-28)32(4,19-36)23(31)9-12-34(24,33)6/h7,21-28,36-39H,8-19H2,1-6H3,(H,40,41)/t21?,22-,23?,24?,25+,26+,27-,28+,31?,32?,33?,34?,35?/m1/s1. The number of carboxylic acids is 1. The van der Waals surface area contributed by atoms with Crippen LogP contribution in [0.5, 0.6) is 0 Å². The highest BCUT2D eigenvalue weighted by molar-refractivity contribution is 5.76. The van der Waals surface area contributed by atoms with Gasteiger partial charge in [0.1, 0.15) is 18.3 Å². The summed E-state index contributed by atoms with van der Waals surface area (Å²) in [6, 6.07) is 0. The molecule has 0 radical (unpaired) electrons. The molecule has 1 aliphatic heterocycles. The van der Waals surface area contributed by atoms with Crippen LogP contribution in [0, 0.1) is 50.2 Å². The molecule has 5 N–H and O–H groups in total. The van der Waals surface area contributed by atoms with Gasteiger partial charge in [-0.25, -0.2) is 0 Å². The molecule has 4 saturated carbocycles. The molecule has 0 aromatic carbocycles. The van der Waals surface area contributed by atoms with E-state index in [0.717, 1.165) is 57.8 Å². The van der Waals surface area contributed by atoms with Crippen molar-refractivity contribution in [3.05, 3.63) is 11.6 Å². The lowest BCUT2D eigenvalue weighted by molar-refractivity contribution is -0.312. The van der Waals surface area contributed by atoms with Gasteiger partial charge in [0.05, 0.1) is 24.7 Å². The molecule has 0 spiro atoms. The van der Waals surface area contributed by atoms with E-state index < -0.39 is 41.4 Å². The van der Waals surface area contributed by atoms with Crippen LogP contribution in [0.1, 0.15) is 106 Å². The maximum absolute atomic E-state index is 12.9. The number of aliphatic carboxylic acids is 1. The van der Waals surface area contributed by atoms with Gasteiger partial charge in [-0.3, -0.25) is 4.79 Å². The molecule has 244 valence electrons. The first-order valence-corrected chi connectivity index (χ1v) is 16.9. The third-order valence-corrected chi connectivity index (χ3v) is 14.9. The minimum absolute atomic E-state index is 0.0154. The van der Waals surface area contributed by atoms with Gasteiger partial charge < -0.3 is 35.0 Å². The quantitative estimate of drug-likeness (QED) is 0.231. The Morgan fingerprint density at radius 2 is 1.63 bits per heavy atom. The molecule has 8 unspecified atom stereocenters. The summed E-state index contributed by atoms with van der Waals surface area (Å²) in [6.07, 6.45) is 6.03. The van der Waals surface area contributed by atoms with Gasteiger partial charge in [0.2, 0.25) is 0 Å². The molecular formula is C35H56O8. The highest BCUT2D eigenvalue weighted by Gasteiger charge is 2.70. The summed E-state index contributed by atoms with van der Waals surface area (Å²) in [5.41, 5.74) is 0.232. The van der Waals surface area contributed by atoms with E-state index >= 15 is 0 Å². The highest BCUT2D eigenvalue weighted by Crippen LogP contribution is 2.76. The summed E-state index contributed by atoms with van der Waals surface area (Å²) >= 11 is 0. The third-order valence-electron chi connectivity index (χ3n) is 14.9. The number of allylic oxidation sites excluding steroid dienone is 2. The number of ether oxygens (including phenoxy) is 2. The third kappa shape index (κ3) is 4.32. The number of rotatable bonds is 4. The topological polar surface area (TPSA) is 137 Å². The highest BCUT2D eigenvalue weighted by atomic mass is 16.7. The zero-order valence-electron chi connectivity index (χ0n) is 27.1. The smallest absolute Gasteiger partial charge is 0.310 e. The molecule has 6 rings (SSSR count). The van der Waals surface area contributed by atoms with E-state index in [1.165, 1.54) is 5.57 Å². The molecule has 8 heteroatoms. The Morgan fingerprint density at radius 1 is 0.930 bits per heavy atom. The lowest BCUT2D eigenvalue weighted by Crippen LogP contribution is -2.66. The van der Waals surface area contributed by atoms with Gasteiger partial charge in [-0.1, -0.05) is 53.2 Å². The van der Waals surface area contributed by atoms with Crippen molar-refractivity contribution >= 4 is 5.97 Å². The van der Waals surface area contributed by atoms with Gasteiger partial charge in [-0.15, -0.1) is 0 Å². The van der Waals surface area contributed by atoms with Crippen LogP contribution in [-0.2, 0) is 14.3 Å². The van der Waals surface area contributed by atoms with Crippen LogP contribution in [0.4, 0.5) is 0 Å². The number of carbonyl (C=O) groups is 1. The van der Waals surface area contributed by atoms with Crippen molar-refractivity contribution in [1.82, 2.24) is 0 Å². The summed E-state index contributed by atoms with van der Waals surface area (Å²) in [5.74, 6) is 0.0529. The number of aliphatic hydroxyl groups excluding tert-OH is 4. The predicted octanol–water partition coefficient (Wildman–Crippen LogP) is 4.67. The summed E-state index contributed by atoms with van der Waals surface area (Å²) in [4.78, 5) is 12.9. The van der Waals surface area contributed by atoms with Crippen LogP contribution in [0.3, 0.4) is 0 Å². The number of aliphatic hydroxyl groups is 4. The van der Waals surface area contributed by atoms with Crippen molar-refractivity contribution < 1.29 is 39.8 Å². The van der Waals surface area contributed by atoms with Crippen LogP contribution in [0.15, 0.2) is 11.6 Å². The van der Waals surface area contributed by atoms with E-state index in [0.29, 0.717) is 12.3 Å².